The topological polar surface area (TPSA) is 93.0 Å². The first kappa shape index (κ1) is 21.1. The Morgan fingerprint density at radius 3 is 2.17 bits per heavy atom. The SMILES string of the molecule is Cc1cc(S(=O)(=O)N2CCN(c3ccc([N+](=O)[O-])cc3)CC2)ccc1OC(C)C. The van der Waals surface area contributed by atoms with Crippen molar-refractivity contribution in [3.05, 3.63) is 58.1 Å². The van der Waals surface area contributed by atoms with Crippen molar-refractivity contribution in [1.29, 1.82) is 0 Å². The summed E-state index contributed by atoms with van der Waals surface area (Å²) in [4.78, 5) is 12.6. The molecule has 1 aliphatic heterocycles. The maximum Gasteiger partial charge on any atom is 0.269 e. The molecule has 0 spiro atoms. The Morgan fingerprint density at radius 1 is 1.03 bits per heavy atom. The van der Waals surface area contributed by atoms with E-state index in [4.69, 9.17) is 4.74 Å². The van der Waals surface area contributed by atoms with Gasteiger partial charge in [0.25, 0.3) is 5.69 Å². The first-order valence-corrected chi connectivity index (χ1v) is 10.9. The molecule has 1 heterocycles. The predicted octanol–water partition coefficient (Wildman–Crippen LogP) is 3.20. The van der Waals surface area contributed by atoms with Gasteiger partial charge in [-0.25, -0.2) is 8.42 Å². The van der Waals surface area contributed by atoms with Crippen molar-refractivity contribution in [3.63, 3.8) is 0 Å². The Balaban J connectivity index is 1.69. The molecule has 1 saturated heterocycles. The van der Waals surface area contributed by atoms with Crippen molar-refractivity contribution in [2.24, 2.45) is 0 Å². The number of nitrogens with zero attached hydrogens (tertiary/aromatic N) is 3. The minimum atomic E-state index is -3.59. The largest absolute Gasteiger partial charge is 0.491 e. The van der Waals surface area contributed by atoms with Crippen LogP contribution in [0.4, 0.5) is 11.4 Å². The molecule has 29 heavy (non-hydrogen) atoms. The fourth-order valence-electron chi connectivity index (χ4n) is 3.29. The summed E-state index contributed by atoms with van der Waals surface area (Å²) in [7, 11) is -3.59. The Morgan fingerprint density at radius 2 is 1.66 bits per heavy atom. The highest BCUT2D eigenvalue weighted by molar-refractivity contribution is 7.89. The highest BCUT2D eigenvalue weighted by Gasteiger charge is 2.29. The van der Waals surface area contributed by atoms with E-state index in [1.54, 1.807) is 30.3 Å². The number of piperazine rings is 1. The van der Waals surface area contributed by atoms with Crippen LogP contribution < -0.4 is 9.64 Å². The van der Waals surface area contributed by atoms with Gasteiger partial charge in [0.2, 0.25) is 10.0 Å². The van der Waals surface area contributed by atoms with E-state index >= 15 is 0 Å². The summed E-state index contributed by atoms with van der Waals surface area (Å²) in [6.45, 7) is 7.42. The van der Waals surface area contributed by atoms with Crippen molar-refractivity contribution >= 4 is 21.4 Å². The second kappa shape index (κ2) is 8.38. The van der Waals surface area contributed by atoms with E-state index in [2.05, 4.69) is 0 Å². The van der Waals surface area contributed by atoms with Gasteiger partial charge in [-0.3, -0.25) is 10.1 Å². The summed E-state index contributed by atoms with van der Waals surface area (Å²) in [5.41, 5.74) is 1.66. The summed E-state index contributed by atoms with van der Waals surface area (Å²) >= 11 is 0. The molecule has 8 nitrogen and oxygen atoms in total. The van der Waals surface area contributed by atoms with E-state index in [-0.39, 0.29) is 16.7 Å². The lowest BCUT2D eigenvalue weighted by Gasteiger charge is -2.35. The summed E-state index contributed by atoms with van der Waals surface area (Å²) in [5, 5.41) is 10.8. The van der Waals surface area contributed by atoms with Crippen LogP contribution in [-0.4, -0.2) is 49.9 Å². The number of non-ortho nitro benzene ring substituents is 1. The number of hydrogen-bond acceptors (Lipinski definition) is 6. The van der Waals surface area contributed by atoms with Gasteiger partial charge in [0.1, 0.15) is 5.75 Å². The fraction of sp³-hybridized carbons (Fsp3) is 0.400. The maximum atomic E-state index is 13.0. The summed E-state index contributed by atoms with van der Waals surface area (Å²) in [6, 6.07) is 11.2. The van der Waals surface area contributed by atoms with Crippen molar-refractivity contribution in [3.8, 4) is 5.75 Å². The number of anilines is 1. The number of hydrogen-bond donors (Lipinski definition) is 0. The first-order valence-electron chi connectivity index (χ1n) is 9.45. The molecule has 3 rings (SSSR count). The summed E-state index contributed by atoms with van der Waals surface area (Å²) < 4.78 is 33.2. The van der Waals surface area contributed by atoms with E-state index in [0.29, 0.717) is 31.9 Å². The van der Waals surface area contributed by atoms with Gasteiger partial charge >= 0.3 is 0 Å². The van der Waals surface area contributed by atoms with Gasteiger partial charge in [-0.2, -0.15) is 4.31 Å². The van der Waals surface area contributed by atoms with Crippen LogP contribution in [0.2, 0.25) is 0 Å². The normalized spacial score (nSPS) is 15.5. The van der Waals surface area contributed by atoms with Gasteiger partial charge in [-0.15, -0.1) is 0 Å². The maximum absolute atomic E-state index is 13.0. The third kappa shape index (κ3) is 4.68. The average molecular weight is 420 g/mol. The molecular formula is C20H25N3O5S. The predicted molar refractivity (Wildman–Crippen MR) is 111 cm³/mol. The van der Waals surface area contributed by atoms with Gasteiger partial charge < -0.3 is 9.64 Å². The van der Waals surface area contributed by atoms with Crippen molar-refractivity contribution < 1.29 is 18.1 Å². The van der Waals surface area contributed by atoms with Crippen LogP contribution in [0.3, 0.4) is 0 Å². The number of aryl methyl sites for hydroxylation is 1. The smallest absolute Gasteiger partial charge is 0.269 e. The zero-order chi connectivity index (χ0) is 21.2. The number of nitro groups is 1. The molecule has 2 aromatic rings. The lowest BCUT2D eigenvalue weighted by molar-refractivity contribution is -0.384. The monoisotopic (exact) mass is 419 g/mol. The van der Waals surface area contributed by atoms with Crippen LogP contribution in [0.15, 0.2) is 47.4 Å². The highest BCUT2D eigenvalue weighted by atomic mass is 32.2. The molecule has 0 amide bonds. The number of nitro benzene ring substituents is 1. The number of ether oxygens (including phenoxy) is 1. The van der Waals surface area contributed by atoms with Crippen LogP contribution in [0.5, 0.6) is 5.75 Å². The van der Waals surface area contributed by atoms with E-state index in [1.807, 2.05) is 25.7 Å². The molecule has 0 unspecified atom stereocenters. The molecule has 0 bridgehead atoms. The Labute approximate surface area is 170 Å². The van der Waals surface area contributed by atoms with Crippen LogP contribution in [0.1, 0.15) is 19.4 Å². The van der Waals surface area contributed by atoms with Gasteiger partial charge in [-0.1, -0.05) is 0 Å². The number of benzene rings is 2. The third-order valence-electron chi connectivity index (χ3n) is 4.81. The summed E-state index contributed by atoms with van der Waals surface area (Å²) in [6.07, 6.45) is 0.0173. The van der Waals surface area contributed by atoms with Gasteiger partial charge in [0.05, 0.1) is 15.9 Å². The Hall–Kier alpha value is -2.65. The van der Waals surface area contributed by atoms with Crippen molar-refractivity contribution in [2.75, 3.05) is 31.1 Å². The molecule has 0 saturated carbocycles. The van der Waals surface area contributed by atoms with Gasteiger partial charge in [0, 0.05) is 44.0 Å². The van der Waals surface area contributed by atoms with Gasteiger partial charge in [-0.05, 0) is 56.7 Å². The molecule has 0 radical (unpaired) electrons. The third-order valence-corrected chi connectivity index (χ3v) is 6.71. The van der Waals surface area contributed by atoms with E-state index in [0.717, 1.165) is 11.3 Å². The average Bonchev–Trinajstić information content (AvgIpc) is 2.69. The zero-order valence-corrected chi connectivity index (χ0v) is 17.6. The quantitative estimate of drug-likeness (QED) is 0.527. The van der Waals surface area contributed by atoms with E-state index in [1.165, 1.54) is 16.4 Å². The molecule has 0 aliphatic carbocycles. The van der Waals surface area contributed by atoms with Crippen LogP contribution >= 0.6 is 0 Å². The van der Waals surface area contributed by atoms with Gasteiger partial charge in [0.15, 0.2) is 0 Å². The lowest BCUT2D eigenvalue weighted by Crippen LogP contribution is -2.48. The van der Waals surface area contributed by atoms with Crippen LogP contribution in [0, 0.1) is 17.0 Å². The molecule has 1 aliphatic rings. The Bertz CT molecular complexity index is 982. The lowest BCUT2D eigenvalue weighted by atomic mass is 10.2. The van der Waals surface area contributed by atoms with E-state index < -0.39 is 14.9 Å². The summed E-state index contributed by atoms with van der Waals surface area (Å²) in [5.74, 6) is 0.682. The molecule has 0 atom stereocenters. The molecule has 1 fully saturated rings. The molecule has 156 valence electrons. The van der Waals surface area contributed by atoms with Crippen LogP contribution in [-0.2, 0) is 10.0 Å². The van der Waals surface area contributed by atoms with Crippen molar-refractivity contribution in [1.82, 2.24) is 4.31 Å². The highest BCUT2D eigenvalue weighted by Crippen LogP contribution is 2.27. The minimum Gasteiger partial charge on any atom is -0.491 e. The number of rotatable bonds is 6. The van der Waals surface area contributed by atoms with Crippen molar-refractivity contribution in [2.45, 2.75) is 31.8 Å². The molecule has 9 heteroatoms. The second-order valence-electron chi connectivity index (χ2n) is 7.26. The molecular weight excluding hydrogens is 394 g/mol. The minimum absolute atomic E-state index is 0.0173. The molecule has 2 aromatic carbocycles. The standard InChI is InChI=1S/C20H25N3O5S/c1-15(2)28-20-9-8-19(14-16(20)3)29(26,27)22-12-10-21(11-13-22)17-4-6-18(7-5-17)23(24)25/h4-9,14-15H,10-13H2,1-3H3. The molecule has 0 N–H and O–H groups in total. The fourth-order valence-corrected chi connectivity index (χ4v) is 4.80. The van der Waals surface area contributed by atoms with E-state index in [9.17, 15) is 18.5 Å². The zero-order valence-electron chi connectivity index (χ0n) is 16.7. The second-order valence-corrected chi connectivity index (χ2v) is 9.20. The molecule has 0 aromatic heterocycles. The Kier molecular flexibility index (Phi) is 6.09. The number of sulfonamides is 1. The van der Waals surface area contributed by atoms with Crippen LogP contribution in [0.25, 0.3) is 0 Å². The first-order chi connectivity index (χ1) is 13.7.